The number of aliphatic hydroxyl groups excluding tert-OH is 1. The van der Waals surface area contributed by atoms with E-state index in [1.807, 2.05) is 11.0 Å². The maximum atomic E-state index is 13.5. The molecule has 7 heteroatoms. The Morgan fingerprint density at radius 3 is 2.76 bits per heavy atom. The van der Waals surface area contributed by atoms with E-state index in [0.717, 1.165) is 31.4 Å². The molecule has 1 aromatic carbocycles. The molecule has 6 nitrogen and oxygen atoms in total. The van der Waals surface area contributed by atoms with Crippen molar-refractivity contribution in [2.45, 2.75) is 45.8 Å². The first-order chi connectivity index (χ1) is 13.8. The van der Waals surface area contributed by atoms with Gasteiger partial charge in [0.1, 0.15) is 11.6 Å². The molecule has 2 aliphatic rings. The average Bonchev–Trinajstić information content (AvgIpc) is 2.99. The van der Waals surface area contributed by atoms with Gasteiger partial charge in [0, 0.05) is 39.6 Å². The van der Waals surface area contributed by atoms with Crippen molar-refractivity contribution in [3.05, 3.63) is 53.0 Å². The summed E-state index contributed by atoms with van der Waals surface area (Å²) in [7, 11) is 0. The van der Waals surface area contributed by atoms with Gasteiger partial charge in [0.25, 0.3) is 5.91 Å². The first-order valence-corrected chi connectivity index (χ1v) is 10.2. The molecule has 1 N–H and O–H groups in total. The summed E-state index contributed by atoms with van der Waals surface area (Å²) in [5.74, 6) is 0.743. The lowest BCUT2D eigenvalue weighted by atomic mass is 9.71. The predicted molar refractivity (Wildman–Crippen MR) is 106 cm³/mol. The van der Waals surface area contributed by atoms with Crippen LogP contribution in [0.5, 0.6) is 0 Å². The number of amides is 1. The molecule has 29 heavy (non-hydrogen) atoms. The smallest absolute Gasteiger partial charge is 0.276 e. The highest BCUT2D eigenvalue weighted by Crippen LogP contribution is 2.40. The molecular weight excluding hydrogens is 373 g/mol. The molecule has 1 unspecified atom stereocenters. The van der Waals surface area contributed by atoms with E-state index >= 15 is 0 Å². The largest absolute Gasteiger partial charge is 0.445 e. The van der Waals surface area contributed by atoms with E-state index in [1.54, 1.807) is 26.0 Å². The summed E-state index contributed by atoms with van der Waals surface area (Å²) in [6, 6.07) is 6.64. The van der Waals surface area contributed by atoms with E-state index in [0.29, 0.717) is 43.5 Å². The van der Waals surface area contributed by atoms with Gasteiger partial charge < -0.3 is 14.4 Å². The fourth-order valence-electron chi connectivity index (χ4n) is 4.90. The standard InChI is InChI=1S/C22H28FN3O3/c1-15-20(24-16(2)29-15)21(28)26-8-6-22(7-9-26)11-19(27)13-25(14-22)12-17-4-3-5-18(23)10-17/h3-5,10,19,27H,6-9,11-14H2,1-2H3. The Balaban J connectivity index is 1.41. The predicted octanol–water partition coefficient (Wildman–Crippen LogP) is 2.92. The van der Waals surface area contributed by atoms with Gasteiger partial charge in [-0.3, -0.25) is 9.69 Å². The van der Waals surface area contributed by atoms with Crippen molar-refractivity contribution in [2.24, 2.45) is 5.41 Å². The van der Waals surface area contributed by atoms with Crippen LogP contribution in [-0.4, -0.2) is 58.1 Å². The number of nitrogens with zero attached hydrogens (tertiary/aromatic N) is 3. The number of likely N-dealkylation sites (tertiary alicyclic amines) is 2. The summed E-state index contributed by atoms with van der Waals surface area (Å²) < 4.78 is 18.9. The number of hydrogen-bond donors (Lipinski definition) is 1. The number of rotatable bonds is 3. The number of carbonyl (C=O) groups excluding carboxylic acids is 1. The summed E-state index contributed by atoms with van der Waals surface area (Å²) in [5.41, 5.74) is 1.30. The second-order valence-corrected chi connectivity index (χ2v) is 8.59. The van der Waals surface area contributed by atoms with Crippen LogP contribution in [0.3, 0.4) is 0 Å². The summed E-state index contributed by atoms with van der Waals surface area (Å²) in [5, 5.41) is 10.5. The van der Waals surface area contributed by atoms with Crippen LogP contribution in [-0.2, 0) is 6.54 Å². The lowest BCUT2D eigenvalue weighted by molar-refractivity contribution is -0.0404. The minimum absolute atomic E-state index is 0.0173. The molecule has 2 fully saturated rings. The van der Waals surface area contributed by atoms with Crippen LogP contribution in [0, 0.1) is 25.1 Å². The van der Waals surface area contributed by atoms with Crippen LogP contribution in [0.15, 0.2) is 28.7 Å². The molecule has 0 bridgehead atoms. The highest BCUT2D eigenvalue weighted by Gasteiger charge is 2.42. The van der Waals surface area contributed by atoms with Crippen LogP contribution in [0.25, 0.3) is 0 Å². The van der Waals surface area contributed by atoms with Gasteiger partial charge in [-0.2, -0.15) is 0 Å². The quantitative estimate of drug-likeness (QED) is 0.856. The fourth-order valence-corrected chi connectivity index (χ4v) is 4.90. The van der Waals surface area contributed by atoms with Crippen LogP contribution >= 0.6 is 0 Å². The number of piperidine rings is 2. The molecule has 1 atom stereocenters. The number of carbonyl (C=O) groups is 1. The van der Waals surface area contributed by atoms with Crippen molar-refractivity contribution in [1.29, 1.82) is 0 Å². The first kappa shape index (κ1) is 20.0. The van der Waals surface area contributed by atoms with Crippen molar-refractivity contribution in [2.75, 3.05) is 26.2 Å². The average molecular weight is 401 g/mol. The van der Waals surface area contributed by atoms with Crippen molar-refractivity contribution in [3.8, 4) is 0 Å². The summed E-state index contributed by atoms with van der Waals surface area (Å²) >= 11 is 0. The number of aryl methyl sites for hydroxylation is 2. The second-order valence-electron chi connectivity index (χ2n) is 8.59. The molecule has 0 radical (unpaired) electrons. The molecular formula is C22H28FN3O3. The number of aliphatic hydroxyl groups is 1. The Kier molecular flexibility index (Phi) is 5.44. The third-order valence-corrected chi connectivity index (χ3v) is 6.21. The van der Waals surface area contributed by atoms with Crippen LogP contribution in [0.1, 0.15) is 47.0 Å². The summed E-state index contributed by atoms with van der Waals surface area (Å²) in [6.45, 7) is 6.86. The van der Waals surface area contributed by atoms with Gasteiger partial charge in [0.05, 0.1) is 6.10 Å². The van der Waals surface area contributed by atoms with E-state index < -0.39 is 6.10 Å². The molecule has 4 rings (SSSR count). The molecule has 2 saturated heterocycles. The number of aromatic nitrogens is 1. The SMILES string of the molecule is Cc1nc(C(=O)N2CCC3(CC2)CC(O)CN(Cc2cccc(F)c2)C3)c(C)o1. The Labute approximate surface area is 170 Å². The van der Waals surface area contributed by atoms with E-state index in [4.69, 9.17) is 4.42 Å². The lowest BCUT2D eigenvalue weighted by Gasteiger charge is -2.49. The van der Waals surface area contributed by atoms with Gasteiger partial charge in [-0.1, -0.05) is 12.1 Å². The van der Waals surface area contributed by atoms with E-state index in [9.17, 15) is 14.3 Å². The van der Waals surface area contributed by atoms with E-state index in [1.165, 1.54) is 6.07 Å². The fraction of sp³-hybridized carbons (Fsp3) is 0.545. The van der Waals surface area contributed by atoms with Crippen LogP contribution < -0.4 is 0 Å². The van der Waals surface area contributed by atoms with E-state index in [-0.39, 0.29) is 17.1 Å². The zero-order valence-corrected chi connectivity index (χ0v) is 17.0. The Morgan fingerprint density at radius 2 is 2.10 bits per heavy atom. The third kappa shape index (κ3) is 4.36. The van der Waals surface area contributed by atoms with Crippen molar-refractivity contribution < 1.29 is 18.7 Å². The normalized spacial score (nSPS) is 22.2. The molecule has 2 aliphatic heterocycles. The molecule has 156 valence electrons. The van der Waals surface area contributed by atoms with Crippen molar-refractivity contribution >= 4 is 5.91 Å². The summed E-state index contributed by atoms with van der Waals surface area (Å²) in [4.78, 5) is 21.1. The van der Waals surface area contributed by atoms with Crippen molar-refractivity contribution in [3.63, 3.8) is 0 Å². The van der Waals surface area contributed by atoms with Crippen molar-refractivity contribution in [1.82, 2.24) is 14.8 Å². The third-order valence-electron chi connectivity index (χ3n) is 6.21. The zero-order chi connectivity index (χ0) is 20.6. The van der Waals surface area contributed by atoms with Gasteiger partial charge in [-0.25, -0.2) is 9.37 Å². The number of hydrogen-bond acceptors (Lipinski definition) is 5. The van der Waals surface area contributed by atoms with Crippen LogP contribution in [0.4, 0.5) is 4.39 Å². The zero-order valence-electron chi connectivity index (χ0n) is 17.0. The number of oxazole rings is 1. The minimum atomic E-state index is -0.403. The topological polar surface area (TPSA) is 69.8 Å². The molecule has 1 aromatic heterocycles. The highest BCUT2D eigenvalue weighted by atomic mass is 19.1. The van der Waals surface area contributed by atoms with Crippen LogP contribution in [0.2, 0.25) is 0 Å². The van der Waals surface area contributed by atoms with E-state index in [2.05, 4.69) is 9.88 Å². The molecule has 3 heterocycles. The Morgan fingerprint density at radius 1 is 1.34 bits per heavy atom. The number of halogens is 1. The van der Waals surface area contributed by atoms with Gasteiger partial charge in [0.2, 0.25) is 0 Å². The molecule has 1 spiro atoms. The van der Waals surface area contributed by atoms with Gasteiger partial charge >= 0.3 is 0 Å². The highest BCUT2D eigenvalue weighted by molar-refractivity contribution is 5.93. The lowest BCUT2D eigenvalue weighted by Crippen LogP contribution is -2.54. The maximum Gasteiger partial charge on any atom is 0.276 e. The Bertz CT molecular complexity index is 889. The Hall–Kier alpha value is -2.25. The molecule has 2 aromatic rings. The molecule has 0 aliphatic carbocycles. The number of β-amino-alcohol motifs (C(OH)–C–C–N with tert-alkyl or cyclic N) is 1. The minimum Gasteiger partial charge on any atom is -0.445 e. The molecule has 0 saturated carbocycles. The van der Waals surface area contributed by atoms with Gasteiger partial charge in [-0.15, -0.1) is 0 Å². The number of benzene rings is 1. The summed E-state index contributed by atoms with van der Waals surface area (Å²) in [6.07, 6.45) is 2.02. The monoisotopic (exact) mass is 401 g/mol. The van der Waals surface area contributed by atoms with Gasteiger partial charge in [-0.05, 0) is 49.3 Å². The first-order valence-electron chi connectivity index (χ1n) is 10.2. The second kappa shape index (κ2) is 7.88. The maximum absolute atomic E-state index is 13.5. The van der Waals surface area contributed by atoms with Gasteiger partial charge in [0.15, 0.2) is 11.6 Å². The molecule has 1 amide bonds.